The number of carbonyl (C=O) groups excluding carboxylic acids is 1. The van der Waals surface area contributed by atoms with Gasteiger partial charge in [0.15, 0.2) is 11.6 Å². The van der Waals surface area contributed by atoms with Crippen molar-refractivity contribution in [2.75, 3.05) is 13.1 Å². The highest BCUT2D eigenvalue weighted by Crippen LogP contribution is 2.24. The molecule has 2 N–H and O–H groups in total. The Balaban J connectivity index is 0.00000338. The topological polar surface area (TPSA) is 50.4 Å². The number of amides is 1. The summed E-state index contributed by atoms with van der Waals surface area (Å²) in [7, 11) is 0. The van der Waals surface area contributed by atoms with Crippen molar-refractivity contribution in [2.24, 2.45) is 0 Å². The Morgan fingerprint density at radius 2 is 1.81 bits per heavy atom. The molecular weight excluding hydrogens is 362 g/mol. The molecule has 2 aromatic rings. The van der Waals surface area contributed by atoms with Gasteiger partial charge < -0.3 is 15.4 Å². The molecule has 0 aliphatic rings. The van der Waals surface area contributed by atoms with Crippen molar-refractivity contribution in [3.05, 3.63) is 65.7 Å². The van der Waals surface area contributed by atoms with E-state index >= 15 is 0 Å². The van der Waals surface area contributed by atoms with Crippen molar-refractivity contribution in [1.29, 1.82) is 0 Å². The summed E-state index contributed by atoms with van der Waals surface area (Å²) in [6, 6.07) is 12.2. The minimum absolute atomic E-state index is 0. The van der Waals surface area contributed by atoms with E-state index in [1.807, 2.05) is 19.9 Å². The van der Waals surface area contributed by atoms with Gasteiger partial charge in [0.2, 0.25) is 6.10 Å². The first kappa shape index (κ1) is 21.9. The fraction of sp³-hybridized carbons (Fsp3) is 0.316. The number of rotatable bonds is 8. The summed E-state index contributed by atoms with van der Waals surface area (Å²) in [6.07, 6.45) is -0.958. The summed E-state index contributed by atoms with van der Waals surface area (Å²) in [5.41, 5.74) is 0.626. The molecule has 1 amide bonds. The highest BCUT2D eigenvalue weighted by molar-refractivity contribution is 5.85. The molecule has 0 aromatic heterocycles. The monoisotopic (exact) mass is 384 g/mol. The van der Waals surface area contributed by atoms with Crippen LogP contribution in [0.2, 0.25) is 0 Å². The molecule has 26 heavy (non-hydrogen) atoms. The quantitative estimate of drug-likeness (QED) is 0.730. The predicted octanol–water partition coefficient (Wildman–Crippen LogP) is 3.62. The molecular formula is C19H23ClF2N2O2. The number of hydrogen-bond acceptors (Lipinski definition) is 3. The molecule has 0 aliphatic heterocycles. The zero-order valence-corrected chi connectivity index (χ0v) is 15.5. The molecule has 142 valence electrons. The van der Waals surface area contributed by atoms with Crippen LogP contribution >= 0.6 is 12.4 Å². The molecule has 2 aromatic carbocycles. The van der Waals surface area contributed by atoms with Crippen LogP contribution in [0.3, 0.4) is 0 Å². The zero-order chi connectivity index (χ0) is 18.2. The minimum atomic E-state index is -1.02. The number of benzene rings is 2. The summed E-state index contributed by atoms with van der Waals surface area (Å²) < 4.78 is 32.1. The maximum Gasteiger partial charge on any atom is 0.265 e. The summed E-state index contributed by atoms with van der Waals surface area (Å²) in [4.78, 5) is 12.6. The Labute approximate surface area is 158 Å². The van der Waals surface area contributed by atoms with Crippen LogP contribution in [0.25, 0.3) is 0 Å². The molecule has 2 rings (SSSR count). The van der Waals surface area contributed by atoms with Crippen LogP contribution in [0, 0.1) is 11.6 Å². The number of nitrogens with one attached hydrogen (secondary N) is 2. The van der Waals surface area contributed by atoms with Crippen LogP contribution in [0.1, 0.15) is 25.5 Å². The van der Waals surface area contributed by atoms with E-state index in [9.17, 15) is 13.6 Å². The molecule has 0 saturated carbocycles. The van der Waals surface area contributed by atoms with Gasteiger partial charge in [0.25, 0.3) is 5.91 Å². The molecule has 0 bridgehead atoms. The van der Waals surface area contributed by atoms with Gasteiger partial charge in [-0.15, -0.1) is 12.4 Å². The third kappa shape index (κ3) is 6.28. The number of likely N-dealkylation sites (N-methyl/N-ethyl adjacent to an activating group) is 1. The Morgan fingerprint density at radius 1 is 1.12 bits per heavy atom. The van der Waals surface area contributed by atoms with E-state index in [0.29, 0.717) is 12.1 Å². The fourth-order valence-corrected chi connectivity index (χ4v) is 2.35. The smallest absolute Gasteiger partial charge is 0.265 e. The molecule has 7 heteroatoms. The first-order valence-corrected chi connectivity index (χ1v) is 8.19. The second kappa shape index (κ2) is 10.7. The second-order valence-corrected chi connectivity index (χ2v) is 5.69. The van der Waals surface area contributed by atoms with Crippen LogP contribution in [0.15, 0.2) is 48.5 Å². The predicted molar refractivity (Wildman–Crippen MR) is 99.6 cm³/mol. The average Bonchev–Trinajstić information content (AvgIpc) is 2.61. The van der Waals surface area contributed by atoms with Gasteiger partial charge >= 0.3 is 0 Å². The van der Waals surface area contributed by atoms with E-state index in [-0.39, 0.29) is 30.1 Å². The van der Waals surface area contributed by atoms with Gasteiger partial charge in [-0.05, 0) is 25.6 Å². The van der Waals surface area contributed by atoms with Crippen molar-refractivity contribution in [3.8, 4) is 5.75 Å². The fourth-order valence-electron chi connectivity index (χ4n) is 2.35. The van der Waals surface area contributed by atoms with E-state index in [1.165, 1.54) is 6.07 Å². The Kier molecular flexibility index (Phi) is 9.02. The van der Waals surface area contributed by atoms with Gasteiger partial charge in [0.1, 0.15) is 5.75 Å². The summed E-state index contributed by atoms with van der Waals surface area (Å²) in [6.45, 7) is 5.16. The highest BCUT2D eigenvalue weighted by atomic mass is 35.5. The third-order valence-corrected chi connectivity index (χ3v) is 3.62. The summed E-state index contributed by atoms with van der Waals surface area (Å²) in [5, 5.41) is 6.01. The number of hydrogen-bond donors (Lipinski definition) is 2. The molecule has 0 spiro atoms. The first-order chi connectivity index (χ1) is 12.0. The van der Waals surface area contributed by atoms with Crippen molar-refractivity contribution >= 4 is 18.3 Å². The summed E-state index contributed by atoms with van der Waals surface area (Å²) in [5.74, 6) is -2.25. The zero-order valence-electron chi connectivity index (χ0n) is 14.7. The third-order valence-electron chi connectivity index (χ3n) is 3.62. The molecule has 0 radical (unpaired) electrons. The lowest BCUT2D eigenvalue weighted by Crippen LogP contribution is -2.41. The molecule has 0 fully saturated rings. The van der Waals surface area contributed by atoms with Crippen LogP contribution in [0.4, 0.5) is 8.78 Å². The second-order valence-electron chi connectivity index (χ2n) is 5.69. The van der Waals surface area contributed by atoms with E-state index < -0.39 is 17.7 Å². The normalized spacial score (nSPS) is 12.6. The lowest BCUT2D eigenvalue weighted by atomic mass is 10.1. The van der Waals surface area contributed by atoms with Crippen molar-refractivity contribution in [2.45, 2.75) is 26.0 Å². The van der Waals surface area contributed by atoms with Crippen LogP contribution in [-0.2, 0) is 4.79 Å². The maximum absolute atomic E-state index is 13.4. The van der Waals surface area contributed by atoms with Crippen molar-refractivity contribution < 1.29 is 18.3 Å². The van der Waals surface area contributed by atoms with Crippen molar-refractivity contribution in [3.63, 3.8) is 0 Å². The van der Waals surface area contributed by atoms with Crippen LogP contribution < -0.4 is 15.4 Å². The largest absolute Gasteiger partial charge is 0.476 e. The van der Waals surface area contributed by atoms with Gasteiger partial charge in [-0.3, -0.25) is 4.79 Å². The van der Waals surface area contributed by atoms with Gasteiger partial charge in [-0.25, -0.2) is 8.78 Å². The van der Waals surface area contributed by atoms with E-state index in [1.54, 1.807) is 24.3 Å². The molecule has 1 unspecified atom stereocenters. The van der Waals surface area contributed by atoms with Gasteiger partial charge in [0, 0.05) is 24.2 Å². The standard InChI is InChI=1S/C19H22F2N2O2.ClH/c1-3-22-13(2)12-23-19(24)18(14-7-5-4-6-8-14)25-15-9-10-16(20)17(21)11-15;/h4-11,13,18,22H,3,12H2,1-2H3,(H,23,24);1H/t13-,18?;/m1./s1. The van der Waals surface area contributed by atoms with Gasteiger partial charge in [-0.2, -0.15) is 0 Å². The number of halogens is 3. The maximum atomic E-state index is 13.4. The minimum Gasteiger partial charge on any atom is -0.476 e. The summed E-state index contributed by atoms with van der Waals surface area (Å²) >= 11 is 0. The number of ether oxygens (including phenoxy) is 1. The van der Waals surface area contributed by atoms with Gasteiger partial charge in [0.05, 0.1) is 0 Å². The van der Waals surface area contributed by atoms with Crippen LogP contribution in [-0.4, -0.2) is 25.0 Å². The van der Waals surface area contributed by atoms with E-state index in [2.05, 4.69) is 10.6 Å². The Bertz CT molecular complexity index is 701. The highest BCUT2D eigenvalue weighted by Gasteiger charge is 2.23. The Hall–Kier alpha value is -2.18. The van der Waals surface area contributed by atoms with Crippen molar-refractivity contribution in [1.82, 2.24) is 10.6 Å². The van der Waals surface area contributed by atoms with Gasteiger partial charge in [-0.1, -0.05) is 37.3 Å². The Morgan fingerprint density at radius 3 is 2.42 bits per heavy atom. The lowest BCUT2D eigenvalue weighted by molar-refractivity contribution is -0.128. The number of carbonyl (C=O) groups is 1. The first-order valence-electron chi connectivity index (χ1n) is 8.19. The molecule has 0 heterocycles. The molecule has 4 nitrogen and oxygen atoms in total. The molecule has 2 atom stereocenters. The average molecular weight is 385 g/mol. The van der Waals surface area contributed by atoms with Crippen LogP contribution in [0.5, 0.6) is 5.75 Å². The molecule has 0 aliphatic carbocycles. The lowest BCUT2D eigenvalue weighted by Gasteiger charge is -2.21. The van der Waals surface area contributed by atoms with E-state index in [0.717, 1.165) is 18.7 Å². The SMILES string of the molecule is CCN[C@H](C)CNC(=O)C(Oc1ccc(F)c(F)c1)c1ccccc1.Cl. The van der Waals surface area contributed by atoms with E-state index in [4.69, 9.17) is 4.74 Å². The molecule has 0 saturated heterocycles.